The van der Waals surface area contributed by atoms with E-state index in [0.717, 1.165) is 31.6 Å². The Morgan fingerprint density at radius 3 is 2.56 bits per heavy atom. The molecule has 2 saturated heterocycles. The summed E-state index contributed by atoms with van der Waals surface area (Å²) in [6.45, 7) is 7.99. The molecule has 0 bridgehead atoms. The van der Waals surface area contributed by atoms with Gasteiger partial charge in [0.15, 0.2) is 5.82 Å². The number of urea groups is 2. The number of halogens is 1. The quantitative estimate of drug-likeness (QED) is 0.702. The Balaban J connectivity index is 1.33. The van der Waals surface area contributed by atoms with Crippen molar-refractivity contribution in [1.82, 2.24) is 19.7 Å². The Morgan fingerprint density at radius 1 is 1.06 bits per heavy atom. The van der Waals surface area contributed by atoms with Crippen molar-refractivity contribution in [3.8, 4) is 0 Å². The number of rotatable bonds is 4. The Morgan fingerprint density at radius 2 is 1.85 bits per heavy atom. The highest BCUT2D eigenvalue weighted by Crippen LogP contribution is 2.22. The lowest BCUT2D eigenvalue weighted by atomic mass is 10.1. The highest BCUT2D eigenvalue weighted by atomic mass is 19.1. The van der Waals surface area contributed by atoms with Crippen LogP contribution in [-0.4, -0.2) is 70.5 Å². The van der Waals surface area contributed by atoms with Crippen molar-refractivity contribution in [2.45, 2.75) is 45.7 Å². The molecule has 0 radical (unpaired) electrons. The van der Waals surface area contributed by atoms with Crippen LogP contribution in [-0.2, 0) is 6.54 Å². The average Bonchev–Trinajstić information content (AvgIpc) is 2.83. The van der Waals surface area contributed by atoms with Gasteiger partial charge in [0.25, 0.3) is 0 Å². The number of anilines is 2. The van der Waals surface area contributed by atoms with Gasteiger partial charge in [-0.1, -0.05) is 12.1 Å². The van der Waals surface area contributed by atoms with E-state index in [1.54, 1.807) is 36.5 Å². The number of piperazine rings is 1. The summed E-state index contributed by atoms with van der Waals surface area (Å²) in [5.41, 5.74) is 2.01. The summed E-state index contributed by atoms with van der Waals surface area (Å²) in [5, 5.41) is 5.25. The summed E-state index contributed by atoms with van der Waals surface area (Å²) >= 11 is 0. The van der Waals surface area contributed by atoms with Gasteiger partial charge in [-0.25, -0.2) is 14.0 Å². The van der Waals surface area contributed by atoms with Gasteiger partial charge in [-0.3, -0.25) is 9.88 Å². The zero-order valence-corrected chi connectivity index (χ0v) is 19.9. The first-order chi connectivity index (χ1) is 16.4. The summed E-state index contributed by atoms with van der Waals surface area (Å²) in [5.74, 6) is -0.445. The van der Waals surface area contributed by atoms with Gasteiger partial charge in [-0.05, 0) is 51.3 Å². The van der Waals surface area contributed by atoms with Crippen molar-refractivity contribution in [3.63, 3.8) is 0 Å². The van der Waals surface area contributed by atoms with Gasteiger partial charge < -0.3 is 20.4 Å². The van der Waals surface area contributed by atoms with Gasteiger partial charge >= 0.3 is 12.1 Å². The summed E-state index contributed by atoms with van der Waals surface area (Å²) < 4.78 is 15.2. The van der Waals surface area contributed by atoms with E-state index in [4.69, 9.17) is 0 Å². The fraction of sp³-hybridized carbons (Fsp3) is 0.480. The molecule has 2 fully saturated rings. The molecule has 1 aromatic heterocycles. The van der Waals surface area contributed by atoms with Crippen LogP contribution >= 0.6 is 0 Å². The van der Waals surface area contributed by atoms with Crippen molar-refractivity contribution in [2.75, 3.05) is 43.4 Å². The summed E-state index contributed by atoms with van der Waals surface area (Å²) in [6, 6.07) is 8.20. The Bertz CT molecular complexity index is 1010. The molecule has 9 heteroatoms. The molecular weight excluding hydrogens is 435 g/mol. The number of carbonyl (C=O) groups is 2. The topological polar surface area (TPSA) is 80.8 Å². The minimum atomic E-state index is -0.528. The van der Waals surface area contributed by atoms with E-state index in [1.807, 2.05) is 23.6 Å². The van der Waals surface area contributed by atoms with Crippen molar-refractivity contribution in [1.29, 1.82) is 0 Å². The van der Waals surface area contributed by atoms with E-state index in [9.17, 15) is 9.59 Å². The third-order valence-electron chi connectivity index (χ3n) is 6.47. The second-order valence-electron chi connectivity index (χ2n) is 9.15. The van der Waals surface area contributed by atoms with Gasteiger partial charge in [0, 0.05) is 56.6 Å². The fourth-order valence-electron chi connectivity index (χ4n) is 4.59. The number of nitrogens with one attached hydrogen (secondary N) is 2. The number of pyridine rings is 1. The summed E-state index contributed by atoms with van der Waals surface area (Å²) in [6.07, 6.45) is 4.89. The zero-order chi connectivity index (χ0) is 24.1. The molecule has 0 saturated carbocycles. The summed E-state index contributed by atoms with van der Waals surface area (Å²) in [4.78, 5) is 35.4. The third kappa shape index (κ3) is 5.83. The molecule has 2 N–H and O–H groups in total. The Labute approximate surface area is 200 Å². The minimum Gasteiger partial charge on any atom is -0.325 e. The Hall–Kier alpha value is -3.20. The Kier molecular flexibility index (Phi) is 7.62. The molecule has 1 aromatic carbocycles. The SMILES string of the molecule is Cc1ccc(NC(=O)Nc2cccc(CN3CCN(C(=O)N4CCCCC4)[C@H](C)C3)c2F)cn1. The van der Waals surface area contributed by atoms with Crippen molar-refractivity contribution in [2.24, 2.45) is 0 Å². The molecule has 3 heterocycles. The second kappa shape index (κ2) is 10.8. The van der Waals surface area contributed by atoms with Gasteiger partial charge in [0.1, 0.15) is 0 Å². The highest BCUT2D eigenvalue weighted by molar-refractivity contribution is 5.99. The molecule has 2 aromatic rings. The lowest BCUT2D eigenvalue weighted by Gasteiger charge is -2.42. The number of benzene rings is 1. The molecule has 0 spiro atoms. The molecule has 0 aliphatic carbocycles. The number of carbonyl (C=O) groups excluding carboxylic acids is 2. The fourth-order valence-corrected chi connectivity index (χ4v) is 4.59. The van der Waals surface area contributed by atoms with Crippen molar-refractivity contribution < 1.29 is 14.0 Å². The number of amides is 4. The van der Waals surface area contributed by atoms with E-state index in [1.165, 1.54) is 6.42 Å². The van der Waals surface area contributed by atoms with Gasteiger partial charge in [-0.2, -0.15) is 0 Å². The van der Waals surface area contributed by atoms with Crippen LogP contribution in [0.15, 0.2) is 36.5 Å². The smallest absolute Gasteiger partial charge is 0.323 e. The molecule has 34 heavy (non-hydrogen) atoms. The van der Waals surface area contributed by atoms with Crippen LogP contribution < -0.4 is 10.6 Å². The number of nitrogens with zero attached hydrogens (tertiary/aromatic N) is 4. The van der Waals surface area contributed by atoms with Crippen LogP contribution in [0.1, 0.15) is 37.4 Å². The first kappa shape index (κ1) is 23.9. The first-order valence-electron chi connectivity index (χ1n) is 12.0. The van der Waals surface area contributed by atoms with Crippen molar-refractivity contribution in [3.05, 3.63) is 53.6 Å². The second-order valence-corrected chi connectivity index (χ2v) is 9.15. The maximum absolute atomic E-state index is 15.2. The van der Waals surface area contributed by atoms with E-state index < -0.39 is 11.8 Å². The molecule has 8 nitrogen and oxygen atoms in total. The standard InChI is InChI=1S/C25H33FN6O2/c1-18-9-10-21(15-27-18)28-24(33)29-22-8-6-7-20(23(22)26)17-30-13-14-32(19(2)16-30)25(34)31-11-4-3-5-12-31/h6-10,15,19H,3-5,11-14,16-17H2,1-2H3,(H2,28,29,33)/t19-/m1/s1. The van der Waals surface area contributed by atoms with E-state index in [-0.39, 0.29) is 17.8 Å². The van der Waals surface area contributed by atoms with Crippen LogP contribution in [0.5, 0.6) is 0 Å². The molecule has 2 aliphatic heterocycles. The number of piperidine rings is 1. The predicted octanol–water partition coefficient (Wildman–Crippen LogP) is 4.29. The van der Waals surface area contributed by atoms with Crippen LogP contribution in [0.2, 0.25) is 0 Å². The monoisotopic (exact) mass is 468 g/mol. The molecule has 4 amide bonds. The number of aromatic nitrogens is 1. The molecule has 0 unspecified atom stereocenters. The zero-order valence-electron chi connectivity index (χ0n) is 19.9. The lowest BCUT2D eigenvalue weighted by molar-refractivity contribution is 0.0737. The maximum Gasteiger partial charge on any atom is 0.323 e. The maximum atomic E-state index is 15.2. The first-order valence-corrected chi connectivity index (χ1v) is 12.0. The van der Waals surface area contributed by atoms with Gasteiger partial charge in [0.05, 0.1) is 17.6 Å². The molecule has 2 aliphatic rings. The lowest BCUT2D eigenvalue weighted by Crippen LogP contribution is -2.57. The molecule has 182 valence electrons. The molecule has 4 rings (SSSR count). The summed E-state index contributed by atoms with van der Waals surface area (Å²) in [7, 11) is 0. The highest BCUT2D eigenvalue weighted by Gasteiger charge is 2.31. The minimum absolute atomic E-state index is 0.0569. The van der Waals surface area contributed by atoms with Crippen LogP contribution in [0.25, 0.3) is 0 Å². The van der Waals surface area contributed by atoms with Crippen LogP contribution in [0.4, 0.5) is 25.4 Å². The number of hydrogen-bond acceptors (Lipinski definition) is 4. The van der Waals surface area contributed by atoms with E-state index in [0.29, 0.717) is 37.4 Å². The number of hydrogen-bond donors (Lipinski definition) is 2. The average molecular weight is 469 g/mol. The molecular formula is C25H33FN6O2. The normalized spacial score (nSPS) is 19.1. The largest absolute Gasteiger partial charge is 0.325 e. The van der Waals surface area contributed by atoms with Crippen molar-refractivity contribution >= 4 is 23.4 Å². The van der Waals surface area contributed by atoms with E-state index >= 15 is 4.39 Å². The molecule has 1 atom stereocenters. The number of likely N-dealkylation sites (tertiary alicyclic amines) is 1. The van der Waals surface area contributed by atoms with Gasteiger partial charge in [0.2, 0.25) is 0 Å². The van der Waals surface area contributed by atoms with Crippen LogP contribution in [0, 0.1) is 12.7 Å². The van der Waals surface area contributed by atoms with Gasteiger partial charge in [-0.15, -0.1) is 0 Å². The predicted molar refractivity (Wildman–Crippen MR) is 130 cm³/mol. The van der Waals surface area contributed by atoms with E-state index in [2.05, 4.69) is 20.5 Å². The third-order valence-corrected chi connectivity index (χ3v) is 6.47. The number of aryl methyl sites for hydroxylation is 1. The van der Waals surface area contributed by atoms with Crippen LogP contribution in [0.3, 0.4) is 0 Å².